The Kier molecular flexibility index (Phi) is 5.47. The fourth-order valence-electron chi connectivity index (χ4n) is 3.99. The molecule has 6 nitrogen and oxygen atoms in total. The van der Waals surface area contributed by atoms with Gasteiger partial charge in [0.15, 0.2) is 0 Å². The van der Waals surface area contributed by atoms with Crippen molar-refractivity contribution >= 4 is 12.1 Å². The summed E-state index contributed by atoms with van der Waals surface area (Å²) in [5.74, 6) is -0.0315. The maximum Gasteiger partial charge on any atom is 0.424 e. The summed E-state index contributed by atoms with van der Waals surface area (Å²) in [5, 5.41) is 1.50. The van der Waals surface area contributed by atoms with Crippen molar-refractivity contribution in [2.75, 3.05) is 20.2 Å². The van der Waals surface area contributed by atoms with Gasteiger partial charge < -0.3 is 9.47 Å². The van der Waals surface area contributed by atoms with Crippen molar-refractivity contribution < 1.29 is 19.1 Å². The molecule has 2 fully saturated rings. The number of methoxy groups -OCH3 is 1. The molecule has 0 aromatic rings. The van der Waals surface area contributed by atoms with Gasteiger partial charge in [0.1, 0.15) is 5.60 Å². The molecule has 2 atom stereocenters. The number of nitrogens with zero attached hydrogens (tertiary/aromatic N) is 1. The van der Waals surface area contributed by atoms with Crippen LogP contribution in [0.4, 0.5) is 4.79 Å². The quantitative estimate of drug-likeness (QED) is 0.770. The van der Waals surface area contributed by atoms with E-state index in [1.807, 2.05) is 20.8 Å². The maximum atomic E-state index is 12.2. The van der Waals surface area contributed by atoms with E-state index >= 15 is 0 Å². The summed E-state index contributed by atoms with van der Waals surface area (Å²) in [4.78, 5) is 24.4. The second-order valence-corrected chi connectivity index (χ2v) is 8.59. The van der Waals surface area contributed by atoms with Gasteiger partial charge in [-0.1, -0.05) is 37.1 Å². The molecule has 4 rings (SSSR count). The highest BCUT2D eigenvalue weighted by Crippen LogP contribution is 2.44. The Morgan fingerprint density at radius 1 is 1.15 bits per heavy atom. The zero-order valence-corrected chi connectivity index (χ0v) is 16.7. The highest BCUT2D eigenvalue weighted by atomic mass is 16.6. The normalized spacial score (nSPS) is 25.5. The smallest absolute Gasteiger partial charge is 0.424 e. The summed E-state index contributed by atoms with van der Waals surface area (Å²) in [5.41, 5.74) is 4.89. The predicted octanol–water partition coefficient (Wildman–Crippen LogP) is 3.76. The highest BCUT2D eigenvalue weighted by Gasteiger charge is 2.51. The number of hydrazine groups is 1. The number of ether oxygens (including phenoxy) is 2. The SMILES string of the molecule is COC(=O)C12CCCCC1CN(C(=O)OC(C)(C)C)NC2.c1cc2ccc1-2. The highest BCUT2D eigenvalue weighted by molar-refractivity contribution is 5.78. The molecule has 0 radical (unpaired) electrons. The molecule has 1 aliphatic heterocycles. The molecule has 1 amide bonds. The van der Waals surface area contributed by atoms with Gasteiger partial charge in [0.25, 0.3) is 0 Å². The van der Waals surface area contributed by atoms with E-state index in [4.69, 9.17) is 9.47 Å². The summed E-state index contributed by atoms with van der Waals surface area (Å²) < 4.78 is 10.4. The molecule has 1 saturated heterocycles. The van der Waals surface area contributed by atoms with E-state index in [2.05, 4.69) is 29.7 Å². The fourth-order valence-corrected chi connectivity index (χ4v) is 3.99. The molecule has 1 heterocycles. The summed E-state index contributed by atoms with van der Waals surface area (Å²) >= 11 is 0. The number of fused-ring (bicyclic) bond motifs is 2. The number of hydrogen-bond acceptors (Lipinski definition) is 5. The molecular weight excluding hydrogens is 344 g/mol. The minimum absolute atomic E-state index is 0.132. The maximum absolute atomic E-state index is 12.2. The number of carbonyl (C=O) groups excluding carboxylic acids is 2. The number of hydrogen-bond donors (Lipinski definition) is 1. The minimum Gasteiger partial charge on any atom is -0.469 e. The average molecular weight is 374 g/mol. The number of benzene rings is 1. The van der Waals surface area contributed by atoms with Gasteiger partial charge in [-0.3, -0.25) is 4.79 Å². The lowest BCUT2D eigenvalue weighted by Crippen LogP contribution is -2.63. The minimum atomic E-state index is -0.526. The third-order valence-electron chi connectivity index (χ3n) is 5.62. The molecular formula is C21H30N2O4. The van der Waals surface area contributed by atoms with Crippen molar-refractivity contribution in [3.63, 3.8) is 0 Å². The van der Waals surface area contributed by atoms with Crippen LogP contribution in [-0.2, 0) is 14.3 Å². The van der Waals surface area contributed by atoms with E-state index in [0.717, 1.165) is 25.7 Å². The van der Waals surface area contributed by atoms with Crippen LogP contribution in [0, 0.1) is 11.3 Å². The van der Waals surface area contributed by atoms with Gasteiger partial charge in [0.05, 0.1) is 12.5 Å². The van der Waals surface area contributed by atoms with E-state index < -0.39 is 11.0 Å². The Balaban J connectivity index is 0.000000290. The van der Waals surface area contributed by atoms with E-state index in [-0.39, 0.29) is 18.0 Å². The zero-order valence-electron chi connectivity index (χ0n) is 16.7. The van der Waals surface area contributed by atoms with Crippen LogP contribution in [0.25, 0.3) is 11.1 Å². The monoisotopic (exact) mass is 374 g/mol. The Morgan fingerprint density at radius 2 is 1.78 bits per heavy atom. The molecule has 2 unspecified atom stereocenters. The van der Waals surface area contributed by atoms with E-state index in [1.165, 1.54) is 23.2 Å². The number of nitrogens with one attached hydrogen (secondary N) is 1. The van der Waals surface area contributed by atoms with Crippen molar-refractivity contribution in [3.05, 3.63) is 24.3 Å². The first-order chi connectivity index (χ1) is 12.7. The first-order valence-electron chi connectivity index (χ1n) is 9.68. The molecule has 0 aromatic heterocycles. The van der Waals surface area contributed by atoms with Crippen LogP contribution in [0.5, 0.6) is 0 Å². The lowest BCUT2D eigenvalue weighted by atomic mass is 9.65. The largest absolute Gasteiger partial charge is 0.469 e. The van der Waals surface area contributed by atoms with E-state index in [9.17, 15) is 9.59 Å². The third-order valence-corrected chi connectivity index (χ3v) is 5.62. The van der Waals surface area contributed by atoms with Gasteiger partial charge in [-0.25, -0.2) is 15.2 Å². The Morgan fingerprint density at radius 3 is 2.26 bits per heavy atom. The standard InChI is InChI=1S/C15H26N2O4.C6H4/c1-14(2,3)21-13(19)17-9-11-7-5-6-8-15(11,10-16-17)12(18)20-4;1-2-6-4-3-5(1)6/h11,16H,5-10H2,1-4H3;1-4H. The van der Waals surface area contributed by atoms with Crippen molar-refractivity contribution in [2.45, 2.75) is 52.1 Å². The molecule has 4 aliphatic rings. The topological polar surface area (TPSA) is 67.9 Å². The number of rotatable bonds is 1. The van der Waals surface area contributed by atoms with Gasteiger partial charge in [-0.2, -0.15) is 0 Å². The molecule has 1 N–H and O–H groups in total. The van der Waals surface area contributed by atoms with Crippen molar-refractivity contribution in [1.82, 2.24) is 10.4 Å². The second kappa shape index (κ2) is 7.50. The van der Waals surface area contributed by atoms with Crippen LogP contribution in [0.3, 0.4) is 0 Å². The Labute approximate surface area is 161 Å². The summed E-state index contributed by atoms with van der Waals surface area (Å²) in [6.07, 6.45) is 3.49. The number of carbonyl (C=O) groups is 2. The Hall–Kier alpha value is -2.08. The summed E-state index contributed by atoms with van der Waals surface area (Å²) in [6.45, 7) is 6.45. The fraction of sp³-hybridized carbons (Fsp3) is 0.619. The van der Waals surface area contributed by atoms with Crippen LogP contribution in [0.15, 0.2) is 24.3 Å². The summed E-state index contributed by atoms with van der Waals surface area (Å²) in [6, 6.07) is 8.48. The first-order valence-corrected chi connectivity index (χ1v) is 9.68. The molecule has 0 aromatic carbocycles. The van der Waals surface area contributed by atoms with Crippen LogP contribution in [0.2, 0.25) is 0 Å². The molecule has 0 bridgehead atoms. The molecule has 1 saturated carbocycles. The predicted molar refractivity (Wildman–Crippen MR) is 103 cm³/mol. The van der Waals surface area contributed by atoms with Crippen molar-refractivity contribution in [2.24, 2.45) is 11.3 Å². The molecule has 3 aliphatic carbocycles. The van der Waals surface area contributed by atoms with E-state index in [1.54, 1.807) is 0 Å². The molecule has 148 valence electrons. The number of esters is 1. The van der Waals surface area contributed by atoms with Crippen LogP contribution < -0.4 is 5.43 Å². The second-order valence-electron chi connectivity index (χ2n) is 8.59. The molecule has 0 spiro atoms. The third kappa shape index (κ3) is 4.10. The van der Waals surface area contributed by atoms with Gasteiger partial charge in [-0.15, -0.1) is 0 Å². The van der Waals surface area contributed by atoms with Crippen molar-refractivity contribution in [1.29, 1.82) is 0 Å². The first kappa shape index (κ1) is 19.7. The van der Waals surface area contributed by atoms with Crippen LogP contribution in [-0.4, -0.2) is 42.9 Å². The zero-order chi connectivity index (χ0) is 19.7. The van der Waals surface area contributed by atoms with Gasteiger partial charge in [0, 0.05) is 13.1 Å². The van der Waals surface area contributed by atoms with Gasteiger partial charge in [0.2, 0.25) is 0 Å². The molecule has 6 heteroatoms. The van der Waals surface area contributed by atoms with Gasteiger partial charge in [-0.05, 0) is 50.7 Å². The summed E-state index contributed by atoms with van der Waals surface area (Å²) in [7, 11) is 1.43. The van der Waals surface area contributed by atoms with Crippen LogP contribution >= 0.6 is 0 Å². The Bertz CT molecular complexity index is 674. The lowest BCUT2D eigenvalue weighted by molar-refractivity contribution is -0.164. The van der Waals surface area contributed by atoms with Crippen molar-refractivity contribution in [3.8, 4) is 11.1 Å². The van der Waals surface area contributed by atoms with E-state index in [0.29, 0.717) is 13.1 Å². The van der Waals surface area contributed by atoms with Crippen LogP contribution in [0.1, 0.15) is 46.5 Å². The van der Waals surface area contributed by atoms with Gasteiger partial charge >= 0.3 is 12.1 Å². The number of amides is 1. The lowest BCUT2D eigenvalue weighted by Gasteiger charge is -2.48. The molecule has 27 heavy (non-hydrogen) atoms. The average Bonchev–Trinajstić information content (AvgIpc) is 2.62.